The smallest absolute Gasteiger partial charge is 0.325 e. The van der Waals surface area contributed by atoms with E-state index in [1.807, 2.05) is 74.6 Å². The molecule has 0 amide bonds. The van der Waals surface area contributed by atoms with Crippen LogP contribution in [0.1, 0.15) is 25.0 Å². The molecular formula is C28H30N2O5S. The zero-order chi connectivity index (χ0) is 25.7. The molecule has 1 aromatic heterocycles. The summed E-state index contributed by atoms with van der Waals surface area (Å²) in [6, 6.07) is 22.1. The van der Waals surface area contributed by atoms with Crippen LogP contribution in [0.5, 0.6) is 5.75 Å². The number of methoxy groups -OCH3 is 1. The van der Waals surface area contributed by atoms with Crippen LogP contribution in [0.25, 0.3) is 10.9 Å². The van der Waals surface area contributed by atoms with Gasteiger partial charge in [0, 0.05) is 18.3 Å². The fourth-order valence-electron chi connectivity index (χ4n) is 4.13. The highest BCUT2D eigenvalue weighted by atomic mass is 32.2. The van der Waals surface area contributed by atoms with Crippen molar-refractivity contribution in [2.45, 2.75) is 37.9 Å². The fourth-order valence-corrected chi connectivity index (χ4v) is 5.83. The van der Waals surface area contributed by atoms with Gasteiger partial charge in [-0.25, -0.2) is 8.42 Å². The molecule has 188 valence electrons. The number of hydrogen-bond donors (Lipinski definition) is 1. The van der Waals surface area contributed by atoms with Gasteiger partial charge in [0.1, 0.15) is 18.4 Å². The largest absolute Gasteiger partial charge is 0.497 e. The van der Waals surface area contributed by atoms with Crippen molar-refractivity contribution >= 4 is 26.9 Å². The Bertz CT molecular complexity index is 1410. The first-order valence-electron chi connectivity index (χ1n) is 11.7. The summed E-state index contributed by atoms with van der Waals surface area (Å²) >= 11 is 0. The molecule has 0 aliphatic heterocycles. The average Bonchev–Trinajstić information content (AvgIpc) is 3.35. The minimum atomic E-state index is -4.07. The quantitative estimate of drug-likeness (QED) is 0.301. The second-order valence-electron chi connectivity index (χ2n) is 8.91. The number of aromatic nitrogens is 1. The van der Waals surface area contributed by atoms with Crippen molar-refractivity contribution in [3.05, 3.63) is 96.2 Å². The number of esters is 1. The third kappa shape index (κ3) is 5.61. The van der Waals surface area contributed by atoms with Crippen LogP contribution in [0, 0.1) is 5.92 Å². The standard InChI is InChI=1S/C28H30N2O5S/c1-20(2)27(28(31)35-19-21-7-5-4-6-8-21)30(18-22-9-14-26-23(17-22)15-16-29-26)36(32,33)25-12-10-24(34-3)11-13-25/h4-17,20,27,29H,18-19H2,1-3H3. The van der Waals surface area contributed by atoms with Crippen LogP contribution >= 0.6 is 0 Å². The van der Waals surface area contributed by atoms with Gasteiger partial charge >= 0.3 is 5.97 Å². The van der Waals surface area contributed by atoms with E-state index in [1.54, 1.807) is 12.1 Å². The van der Waals surface area contributed by atoms with Crippen LogP contribution in [0.2, 0.25) is 0 Å². The van der Waals surface area contributed by atoms with Crippen LogP contribution < -0.4 is 4.74 Å². The topological polar surface area (TPSA) is 88.7 Å². The predicted octanol–water partition coefficient (Wildman–Crippen LogP) is 5.14. The highest BCUT2D eigenvalue weighted by Crippen LogP contribution is 2.28. The Labute approximate surface area is 211 Å². The first kappa shape index (κ1) is 25.5. The summed E-state index contributed by atoms with van der Waals surface area (Å²) in [6.45, 7) is 3.72. The Balaban J connectivity index is 1.71. The summed E-state index contributed by atoms with van der Waals surface area (Å²) in [5.74, 6) is -0.382. The zero-order valence-electron chi connectivity index (χ0n) is 20.5. The van der Waals surface area contributed by atoms with Crippen molar-refractivity contribution in [1.82, 2.24) is 9.29 Å². The third-order valence-corrected chi connectivity index (χ3v) is 7.87. The van der Waals surface area contributed by atoms with Crippen molar-refractivity contribution in [2.24, 2.45) is 5.92 Å². The summed E-state index contributed by atoms with van der Waals surface area (Å²) in [5, 5.41) is 0.960. The van der Waals surface area contributed by atoms with Crippen LogP contribution in [-0.2, 0) is 32.7 Å². The van der Waals surface area contributed by atoms with E-state index in [0.717, 1.165) is 22.0 Å². The van der Waals surface area contributed by atoms with Crippen molar-refractivity contribution in [1.29, 1.82) is 0 Å². The lowest BCUT2D eigenvalue weighted by molar-refractivity contribution is -0.151. The minimum absolute atomic E-state index is 0.0127. The number of hydrogen-bond acceptors (Lipinski definition) is 5. The number of ether oxygens (including phenoxy) is 2. The molecule has 4 rings (SSSR count). The van der Waals surface area contributed by atoms with Gasteiger partial charge in [0.05, 0.1) is 12.0 Å². The lowest BCUT2D eigenvalue weighted by Gasteiger charge is -2.32. The van der Waals surface area contributed by atoms with Crippen molar-refractivity contribution in [2.75, 3.05) is 7.11 Å². The summed E-state index contributed by atoms with van der Waals surface area (Å²) in [7, 11) is -2.55. The monoisotopic (exact) mass is 506 g/mol. The van der Waals surface area contributed by atoms with E-state index < -0.39 is 22.0 Å². The van der Waals surface area contributed by atoms with Crippen LogP contribution in [0.3, 0.4) is 0 Å². The van der Waals surface area contributed by atoms with Gasteiger partial charge in [0.15, 0.2) is 0 Å². The Kier molecular flexibility index (Phi) is 7.76. The maximum absolute atomic E-state index is 13.9. The first-order chi connectivity index (χ1) is 17.3. The predicted molar refractivity (Wildman–Crippen MR) is 139 cm³/mol. The number of sulfonamides is 1. The molecule has 3 aromatic carbocycles. The third-order valence-electron chi connectivity index (χ3n) is 6.03. The molecule has 0 saturated carbocycles. The molecule has 36 heavy (non-hydrogen) atoms. The summed E-state index contributed by atoms with van der Waals surface area (Å²) in [5.41, 5.74) is 2.54. The molecule has 0 aliphatic carbocycles. The van der Waals surface area contributed by atoms with Gasteiger partial charge in [-0.05, 0) is 64.9 Å². The number of carbonyl (C=O) groups excluding carboxylic acids is 1. The highest BCUT2D eigenvalue weighted by Gasteiger charge is 2.39. The van der Waals surface area contributed by atoms with Gasteiger partial charge in [0.2, 0.25) is 10.0 Å². The number of rotatable bonds is 10. The number of benzene rings is 3. The van der Waals surface area contributed by atoms with E-state index in [9.17, 15) is 13.2 Å². The van der Waals surface area contributed by atoms with Crippen molar-refractivity contribution in [3.8, 4) is 5.75 Å². The molecule has 1 N–H and O–H groups in total. The SMILES string of the molecule is COc1ccc(S(=O)(=O)N(Cc2ccc3[nH]ccc3c2)C(C(=O)OCc2ccccc2)C(C)C)cc1. The maximum atomic E-state index is 13.9. The Morgan fingerprint density at radius 2 is 1.67 bits per heavy atom. The number of H-pyrrole nitrogens is 1. The normalized spacial score (nSPS) is 12.7. The molecule has 8 heteroatoms. The maximum Gasteiger partial charge on any atom is 0.325 e. The van der Waals surface area contributed by atoms with E-state index in [4.69, 9.17) is 9.47 Å². The van der Waals surface area contributed by atoms with Crippen LogP contribution in [-0.4, -0.2) is 36.8 Å². The second kappa shape index (κ2) is 11.0. The van der Waals surface area contributed by atoms with Gasteiger partial charge in [-0.3, -0.25) is 4.79 Å². The molecule has 0 aliphatic rings. The first-order valence-corrected chi connectivity index (χ1v) is 13.2. The molecule has 1 unspecified atom stereocenters. The summed E-state index contributed by atoms with van der Waals surface area (Å²) < 4.78 is 40.0. The minimum Gasteiger partial charge on any atom is -0.497 e. The van der Waals surface area contributed by atoms with Crippen molar-refractivity contribution in [3.63, 3.8) is 0 Å². The van der Waals surface area contributed by atoms with E-state index in [2.05, 4.69) is 4.98 Å². The zero-order valence-corrected chi connectivity index (χ0v) is 21.4. The van der Waals surface area contributed by atoms with Gasteiger partial charge in [0.25, 0.3) is 0 Å². The Morgan fingerprint density at radius 3 is 2.33 bits per heavy atom. The van der Waals surface area contributed by atoms with Crippen molar-refractivity contribution < 1.29 is 22.7 Å². The molecule has 0 spiro atoms. The van der Waals surface area contributed by atoms with Gasteiger partial charge in [-0.1, -0.05) is 50.2 Å². The van der Waals surface area contributed by atoms with E-state index in [0.29, 0.717) is 5.75 Å². The Hall–Kier alpha value is -3.62. The number of nitrogens with one attached hydrogen (secondary N) is 1. The molecule has 7 nitrogen and oxygen atoms in total. The highest BCUT2D eigenvalue weighted by molar-refractivity contribution is 7.89. The number of nitrogens with zero attached hydrogens (tertiary/aromatic N) is 1. The number of fused-ring (bicyclic) bond motifs is 1. The Morgan fingerprint density at radius 1 is 0.944 bits per heavy atom. The number of carbonyl (C=O) groups is 1. The molecule has 0 radical (unpaired) electrons. The van der Waals surface area contributed by atoms with E-state index in [-0.39, 0.29) is 24.0 Å². The van der Waals surface area contributed by atoms with Crippen LogP contribution in [0.15, 0.2) is 90.0 Å². The van der Waals surface area contributed by atoms with Gasteiger partial charge in [-0.2, -0.15) is 4.31 Å². The average molecular weight is 507 g/mol. The molecule has 1 atom stereocenters. The molecule has 0 saturated heterocycles. The summed E-state index contributed by atoms with van der Waals surface area (Å²) in [6.07, 6.45) is 1.83. The number of aromatic amines is 1. The molecule has 0 fully saturated rings. The van der Waals surface area contributed by atoms with Gasteiger partial charge < -0.3 is 14.5 Å². The molecular weight excluding hydrogens is 476 g/mol. The summed E-state index contributed by atoms with van der Waals surface area (Å²) in [4.78, 5) is 16.6. The van der Waals surface area contributed by atoms with E-state index >= 15 is 0 Å². The lowest BCUT2D eigenvalue weighted by Crippen LogP contribution is -2.48. The molecule has 0 bridgehead atoms. The molecule has 4 aromatic rings. The van der Waals surface area contributed by atoms with E-state index in [1.165, 1.54) is 23.5 Å². The fraction of sp³-hybridized carbons (Fsp3) is 0.250. The van der Waals surface area contributed by atoms with Gasteiger partial charge in [-0.15, -0.1) is 0 Å². The second-order valence-corrected chi connectivity index (χ2v) is 10.8. The lowest BCUT2D eigenvalue weighted by atomic mass is 10.0. The van der Waals surface area contributed by atoms with Crippen LogP contribution in [0.4, 0.5) is 0 Å². The molecule has 1 heterocycles.